The van der Waals surface area contributed by atoms with E-state index in [1.54, 1.807) is 11.0 Å². The van der Waals surface area contributed by atoms with Crippen LogP contribution in [0.4, 0.5) is 0 Å². The molecule has 5 nitrogen and oxygen atoms in total. The Kier molecular flexibility index (Phi) is 5.12. The lowest BCUT2D eigenvalue weighted by Crippen LogP contribution is -2.28. The van der Waals surface area contributed by atoms with Gasteiger partial charge in [-0.2, -0.15) is 5.10 Å². The van der Waals surface area contributed by atoms with Gasteiger partial charge in [-0.3, -0.25) is 9.48 Å². The van der Waals surface area contributed by atoms with Crippen LogP contribution in [0.15, 0.2) is 36.9 Å². The van der Waals surface area contributed by atoms with Gasteiger partial charge in [-0.15, -0.1) is 0 Å². The van der Waals surface area contributed by atoms with E-state index in [9.17, 15) is 4.79 Å². The van der Waals surface area contributed by atoms with E-state index in [1.807, 2.05) is 31.2 Å². The zero-order valence-corrected chi connectivity index (χ0v) is 12.0. The van der Waals surface area contributed by atoms with Crippen LogP contribution in [0.25, 0.3) is 0 Å². The molecule has 0 saturated carbocycles. The summed E-state index contributed by atoms with van der Waals surface area (Å²) in [6.45, 7) is 2.56. The van der Waals surface area contributed by atoms with Crippen molar-refractivity contribution in [3.05, 3.63) is 47.5 Å². The van der Waals surface area contributed by atoms with Crippen molar-refractivity contribution in [2.75, 3.05) is 0 Å². The summed E-state index contributed by atoms with van der Waals surface area (Å²) in [6.07, 6.45) is 4.25. The summed E-state index contributed by atoms with van der Waals surface area (Å²) in [6, 6.07) is 7.55. The Morgan fingerprint density at radius 2 is 2.35 bits per heavy atom. The maximum absolute atomic E-state index is 12.0. The molecular formula is C14H17ClN4O. The van der Waals surface area contributed by atoms with E-state index < -0.39 is 0 Å². The fourth-order valence-corrected chi connectivity index (χ4v) is 2.17. The minimum Gasteiger partial charge on any atom is -0.349 e. The number of halogens is 1. The molecule has 1 amide bonds. The number of benzene rings is 1. The van der Waals surface area contributed by atoms with E-state index in [2.05, 4.69) is 15.4 Å². The summed E-state index contributed by atoms with van der Waals surface area (Å²) in [4.78, 5) is 15.8. The number of carbonyl (C=O) groups is 1. The SMILES string of the molecule is CCC(NC(=O)CCn1cncn1)c1cccc(Cl)c1. The van der Waals surface area contributed by atoms with Crippen molar-refractivity contribution in [3.8, 4) is 0 Å². The molecule has 106 valence electrons. The summed E-state index contributed by atoms with van der Waals surface area (Å²) in [7, 11) is 0. The van der Waals surface area contributed by atoms with Crippen molar-refractivity contribution in [2.45, 2.75) is 32.4 Å². The van der Waals surface area contributed by atoms with Crippen molar-refractivity contribution >= 4 is 17.5 Å². The van der Waals surface area contributed by atoms with E-state index in [-0.39, 0.29) is 11.9 Å². The Labute approximate surface area is 123 Å². The maximum atomic E-state index is 12.0. The number of nitrogens with zero attached hydrogens (tertiary/aromatic N) is 3. The number of amides is 1. The van der Waals surface area contributed by atoms with Crippen LogP contribution in [0.2, 0.25) is 5.02 Å². The van der Waals surface area contributed by atoms with Crippen LogP contribution in [-0.4, -0.2) is 20.7 Å². The number of nitrogens with one attached hydrogen (secondary N) is 1. The highest BCUT2D eigenvalue weighted by atomic mass is 35.5. The third kappa shape index (κ3) is 4.06. The second-order valence-corrected chi connectivity index (χ2v) is 4.93. The Bertz CT molecular complexity index is 556. The van der Waals surface area contributed by atoms with Gasteiger partial charge in [-0.25, -0.2) is 4.98 Å². The highest BCUT2D eigenvalue weighted by Gasteiger charge is 2.13. The number of aromatic nitrogens is 3. The topological polar surface area (TPSA) is 59.8 Å². The average molecular weight is 293 g/mol. The summed E-state index contributed by atoms with van der Waals surface area (Å²) in [5.74, 6) is -0.00711. The van der Waals surface area contributed by atoms with Crippen LogP contribution < -0.4 is 5.32 Å². The molecule has 2 rings (SSSR count). The van der Waals surface area contributed by atoms with Gasteiger partial charge in [-0.05, 0) is 24.1 Å². The summed E-state index contributed by atoms with van der Waals surface area (Å²) < 4.78 is 1.64. The molecule has 1 N–H and O–H groups in total. The van der Waals surface area contributed by atoms with Gasteiger partial charge < -0.3 is 5.32 Å². The van der Waals surface area contributed by atoms with Gasteiger partial charge in [0.15, 0.2) is 0 Å². The van der Waals surface area contributed by atoms with Crippen molar-refractivity contribution in [1.29, 1.82) is 0 Å². The molecule has 1 heterocycles. The van der Waals surface area contributed by atoms with Crippen LogP contribution in [0.1, 0.15) is 31.4 Å². The third-order valence-electron chi connectivity index (χ3n) is 3.03. The van der Waals surface area contributed by atoms with Gasteiger partial charge in [0, 0.05) is 11.4 Å². The first-order valence-corrected chi connectivity index (χ1v) is 6.94. The maximum Gasteiger partial charge on any atom is 0.222 e. The molecule has 0 aliphatic rings. The van der Waals surface area contributed by atoms with E-state index in [4.69, 9.17) is 11.6 Å². The van der Waals surface area contributed by atoms with Crippen LogP contribution in [0.5, 0.6) is 0 Å². The van der Waals surface area contributed by atoms with Crippen LogP contribution >= 0.6 is 11.6 Å². The molecule has 1 unspecified atom stereocenters. The first kappa shape index (κ1) is 14.5. The molecular weight excluding hydrogens is 276 g/mol. The molecule has 0 bridgehead atoms. The average Bonchev–Trinajstić information content (AvgIpc) is 2.96. The van der Waals surface area contributed by atoms with Crippen LogP contribution in [0, 0.1) is 0 Å². The third-order valence-corrected chi connectivity index (χ3v) is 3.26. The zero-order chi connectivity index (χ0) is 14.4. The van der Waals surface area contributed by atoms with Crippen molar-refractivity contribution in [3.63, 3.8) is 0 Å². The predicted molar refractivity (Wildman–Crippen MR) is 77.3 cm³/mol. The Hall–Kier alpha value is -1.88. The molecule has 6 heteroatoms. The highest BCUT2D eigenvalue weighted by molar-refractivity contribution is 6.30. The van der Waals surface area contributed by atoms with Gasteiger partial charge in [-0.1, -0.05) is 30.7 Å². The Morgan fingerprint density at radius 1 is 1.50 bits per heavy atom. The van der Waals surface area contributed by atoms with Crippen molar-refractivity contribution in [2.24, 2.45) is 0 Å². The second kappa shape index (κ2) is 7.05. The summed E-state index contributed by atoms with van der Waals surface area (Å²) in [5.41, 5.74) is 1.02. The molecule has 0 radical (unpaired) electrons. The largest absolute Gasteiger partial charge is 0.349 e. The van der Waals surface area contributed by atoms with E-state index in [0.717, 1.165) is 12.0 Å². The van der Waals surface area contributed by atoms with Crippen molar-refractivity contribution in [1.82, 2.24) is 20.1 Å². The molecule has 0 fully saturated rings. The smallest absolute Gasteiger partial charge is 0.222 e. The fraction of sp³-hybridized carbons (Fsp3) is 0.357. The fourth-order valence-electron chi connectivity index (χ4n) is 1.98. The van der Waals surface area contributed by atoms with Crippen LogP contribution in [-0.2, 0) is 11.3 Å². The molecule has 0 aliphatic heterocycles. The van der Waals surface area contributed by atoms with Gasteiger partial charge in [0.25, 0.3) is 0 Å². The summed E-state index contributed by atoms with van der Waals surface area (Å²) in [5, 5.41) is 7.66. The van der Waals surface area contributed by atoms with Gasteiger partial charge in [0.2, 0.25) is 5.91 Å². The number of carbonyl (C=O) groups excluding carboxylic acids is 1. The normalized spacial score (nSPS) is 12.1. The molecule has 1 aromatic heterocycles. The first-order chi connectivity index (χ1) is 9.69. The zero-order valence-electron chi connectivity index (χ0n) is 11.3. The van der Waals surface area contributed by atoms with Crippen molar-refractivity contribution < 1.29 is 4.79 Å². The molecule has 0 saturated heterocycles. The molecule has 2 aromatic rings. The number of hydrogen-bond donors (Lipinski definition) is 1. The van der Waals surface area contributed by atoms with Crippen LogP contribution in [0.3, 0.4) is 0 Å². The molecule has 1 atom stereocenters. The van der Waals surface area contributed by atoms with Gasteiger partial charge in [0.1, 0.15) is 12.7 Å². The lowest BCUT2D eigenvalue weighted by molar-refractivity contribution is -0.122. The predicted octanol–water partition coefficient (Wildman–Crippen LogP) is 2.59. The first-order valence-electron chi connectivity index (χ1n) is 6.56. The standard InChI is InChI=1S/C14H17ClN4O/c1-2-13(11-4-3-5-12(15)8-11)18-14(20)6-7-19-10-16-9-17-19/h3-5,8-10,13H,2,6-7H2,1H3,(H,18,20). The molecule has 0 spiro atoms. The highest BCUT2D eigenvalue weighted by Crippen LogP contribution is 2.20. The van der Waals surface area contributed by atoms with Gasteiger partial charge in [0.05, 0.1) is 12.6 Å². The minimum atomic E-state index is -0.0167. The number of rotatable bonds is 6. The van der Waals surface area contributed by atoms with E-state index in [0.29, 0.717) is 18.0 Å². The monoisotopic (exact) mass is 292 g/mol. The quantitative estimate of drug-likeness (QED) is 0.890. The number of aryl methyl sites for hydroxylation is 1. The number of hydrogen-bond acceptors (Lipinski definition) is 3. The summed E-state index contributed by atoms with van der Waals surface area (Å²) >= 11 is 5.98. The van der Waals surface area contributed by atoms with E-state index >= 15 is 0 Å². The lowest BCUT2D eigenvalue weighted by Gasteiger charge is -2.17. The Balaban J connectivity index is 1.91. The minimum absolute atomic E-state index is 0.00711. The molecule has 0 aliphatic carbocycles. The Morgan fingerprint density at radius 3 is 3.00 bits per heavy atom. The van der Waals surface area contributed by atoms with Gasteiger partial charge >= 0.3 is 0 Å². The molecule has 1 aromatic carbocycles. The lowest BCUT2D eigenvalue weighted by atomic mass is 10.0. The molecule has 20 heavy (non-hydrogen) atoms. The van der Waals surface area contributed by atoms with E-state index in [1.165, 1.54) is 6.33 Å². The second-order valence-electron chi connectivity index (χ2n) is 4.49.